The van der Waals surface area contributed by atoms with E-state index in [4.69, 9.17) is 14.2 Å². The second-order valence-electron chi connectivity index (χ2n) is 3.59. The molecule has 94 valence electrons. The van der Waals surface area contributed by atoms with Crippen LogP contribution in [0.4, 0.5) is 0 Å². The second-order valence-corrected chi connectivity index (χ2v) is 3.59. The summed E-state index contributed by atoms with van der Waals surface area (Å²) in [4.78, 5) is 0. The van der Waals surface area contributed by atoms with E-state index in [2.05, 4.69) is 6.58 Å². The molecule has 0 bridgehead atoms. The summed E-state index contributed by atoms with van der Waals surface area (Å²) in [6.45, 7) is 5.96. The van der Waals surface area contributed by atoms with Gasteiger partial charge in [0, 0.05) is 0 Å². The molecular formula is C13H18O4. The van der Waals surface area contributed by atoms with Crippen LogP contribution < -0.4 is 9.47 Å². The third-order valence-corrected chi connectivity index (χ3v) is 2.11. The van der Waals surface area contributed by atoms with Crippen LogP contribution in [0.5, 0.6) is 11.5 Å². The number of aliphatic hydroxyl groups is 1. The van der Waals surface area contributed by atoms with Crippen molar-refractivity contribution in [3.63, 3.8) is 0 Å². The maximum absolute atomic E-state index is 9.30. The van der Waals surface area contributed by atoms with Crippen molar-refractivity contribution in [2.45, 2.75) is 13.2 Å². The van der Waals surface area contributed by atoms with Crippen LogP contribution in [0.15, 0.2) is 36.4 Å². The van der Waals surface area contributed by atoms with Gasteiger partial charge in [0.1, 0.15) is 18.1 Å². The average molecular weight is 238 g/mol. The van der Waals surface area contributed by atoms with Crippen LogP contribution in [0.25, 0.3) is 0 Å². The topological polar surface area (TPSA) is 47.9 Å². The van der Waals surface area contributed by atoms with Crippen LogP contribution in [0, 0.1) is 0 Å². The zero-order chi connectivity index (χ0) is 12.7. The minimum Gasteiger partial charge on any atom is -0.497 e. The molecule has 1 aromatic carbocycles. The van der Waals surface area contributed by atoms with E-state index in [1.165, 1.54) is 0 Å². The third-order valence-electron chi connectivity index (χ3n) is 2.11. The van der Waals surface area contributed by atoms with Gasteiger partial charge < -0.3 is 19.3 Å². The molecule has 1 atom stereocenters. The first-order chi connectivity index (χ1) is 8.13. The highest BCUT2D eigenvalue weighted by Crippen LogP contribution is 2.16. The first-order valence-electron chi connectivity index (χ1n) is 5.35. The zero-order valence-corrected chi connectivity index (χ0v) is 10.2. The zero-order valence-electron chi connectivity index (χ0n) is 10.2. The maximum atomic E-state index is 9.30. The molecule has 1 aromatic rings. The summed E-state index contributed by atoms with van der Waals surface area (Å²) in [6.07, 6.45) is -0.922. The number of rotatable bonds is 7. The molecule has 0 aromatic heterocycles. The molecule has 0 aliphatic heterocycles. The predicted octanol–water partition coefficient (Wildman–Crippen LogP) is 1.99. The Morgan fingerprint density at radius 3 is 2.35 bits per heavy atom. The molecule has 0 saturated carbocycles. The number of methoxy groups -OCH3 is 1. The Morgan fingerprint density at radius 1 is 1.24 bits per heavy atom. The van der Waals surface area contributed by atoms with Gasteiger partial charge in [0.15, 0.2) is 6.29 Å². The van der Waals surface area contributed by atoms with Crippen LogP contribution in [0.2, 0.25) is 0 Å². The lowest BCUT2D eigenvalue weighted by atomic mass is 10.3. The van der Waals surface area contributed by atoms with Crippen molar-refractivity contribution in [2.24, 2.45) is 0 Å². The summed E-state index contributed by atoms with van der Waals surface area (Å²) in [7, 11) is 1.61. The molecule has 1 rings (SSSR count). The fourth-order valence-corrected chi connectivity index (χ4v) is 1.13. The Balaban J connectivity index is 2.24. The lowest BCUT2D eigenvalue weighted by molar-refractivity contribution is -0.0787. The first-order valence-corrected chi connectivity index (χ1v) is 5.35. The Labute approximate surface area is 101 Å². The van der Waals surface area contributed by atoms with Crippen molar-refractivity contribution in [3.8, 4) is 11.5 Å². The lowest BCUT2D eigenvalue weighted by Gasteiger charge is -2.12. The number of aliphatic hydroxyl groups excluding tert-OH is 1. The standard InChI is InChI=1S/C13H18O4/c1-10(2)13(14)17-9-8-16-12-6-4-11(15-3)5-7-12/h4-7,13-14H,1,8-9H2,2-3H3. The Kier molecular flexibility index (Phi) is 5.52. The van der Waals surface area contributed by atoms with Crippen molar-refractivity contribution < 1.29 is 19.3 Å². The Hall–Kier alpha value is -1.52. The van der Waals surface area contributed by atoms with E-state index in [0.717, 1.165) is 11.5 Å². The van der Waals surface area contributed by atoms with Crippen molar-refractivity contribution in [1.82, 2.24) is 0 Å². The molecule has 0 heterocycles. The highest BCUT2D eigenvalue weighted by molar-refractivity contribution is 5.31. The molecule has 4 nitrogen and oxygen atoms in total. The van der Waals surface area contributed by atoms with Gasteiger partial charge in [0.05, 0.1) is 13.7 Å². The van der Waals surface area contributed by atoms with Gasteiger partial charge in [-0.1, -0.05) is 6.58 Å². The monoisotopic (exact) mass is 238 g/mol. The van der Waals surface area contributed by atoms with Crippen LogP contribution in [0.3, 0.4) is 0 Å². The summed E-state index contributed by atoms with van der Waals surface area (Å²) in [5.74, 6) is 1.52. The summed E-state index contributed by atoms with van der Waals surface area (Å²) in [6, 6.07) is 7.26. The van der Waals surface area contributed by atoms with E-state index in [-0.39, 0.29) is 0 Å². The highest BCUT2D eigenvalue weighted by atomic mass is 16.6. The van der Waals surface area contributed by atoms with E-state index >= 15 is 0 Å². The SMILES string of the molecule is C=C(C)C(O)OCCOc1ccc(OC)cc1. The van der Waals surface area contributed by atoms with Gasteiger partial charge >= 0.3 is 0 Å². The molecule has 17 heavy (non-hydrogen) atoms. The highest BCUT2D eigenvalue weighted by Gasteiger charge is 2.03. The Bertz CT molecular complexity index is 345. The van der Waals surface area contributed by atoms with Gasteiger partial charge in [-0.25, -0.2) is 0 Å². The minimum absolute atomic E-state index is 0.306. The number of benzene rings is 1. The minimum atomic E-state index is -0.922. The summed E-state index contributed by atoms with van der Waals surface area (Å²) in [5.41, 5.74) is 0.578. The van der Waals surface area contributed by atoms with Gasteiger partial charge in [0.25, 0.3) is 0 Å². The van der Waals surface area contributed by atoms with E-state index in [1.807, 2.05) is 24.3 Å². The van der Waals surface area contributed by atoms with Gasteiger partial charge in [-0.05, 0) is 36.8 Å². The third kappa shape index (κ3) is 4.89. The quantitative estimate of drug-likeness (QED) is 0.448. The number of hydrogen-bond acceptors (Lipinski definition) is 4. The molecule has 0 radical (unpaired) electrons. The van der Waals surface area contributed by atoms with Crippen molar-refractivity contribution >= 4 is 0 Å². The molecular weight excluding hydrogens is 220 g/mol. The van der Waals surface area contributed by atoms with Gasteiger partial charge in [-0.15, -0.1) is 0 Å². The van der Waals surface area contributed by atoms with E-state index < -0.39 is 6.29 Å². The molecule has 0 fully saturated rings. The van der Waals surface area contributed by atoms with E-state index in [0.29, 0.717) is 18.8 Å². The van der Waals surface area contributed by atoms with Gasteiger partial charge in [-0.3, -0.25) is 0 Å². The average Bonchev–Trinajstić information content (AvgIpc) is 2.35. The maximum Gasteiger partial charge on any atom is 0.176 e. The number of ether oxygens (including phenoxy) is 3. The van der Waals surface area contributed by atoms with Crippen molar-refractivity contribution in [1.29, 1.82) is 0 Å². The molecule has 1 N–H and O–H groups in total. The fourth-order valence-electron chi connectivity index (χ4n) is 1.13. The smallest absolute Gasteiger partial charge is 0.176 e. The molecule has 0 aliphatic rings. The summed E-state index contributed by atoms with van der Waals surface area (Å²) >= 11 is 0. The molecule has 4 heteroatoms. The lowest BCUT2D eigenvalue weighted by Crippen LogP contribution is -2.17. The van der Waals surface area contributed by atoms with Crippen LogP contribution in [-0.2, 0) is 4.74 Å². The Morgan fingerprint density at radius 2 is 1.82 bits per heavy atom. The van der Waals surface area contributed by atoms with E-state index in [9.17, 15) is 5.11 Å². The normalized spacial score (nSPS) is 11.9. The first kappa shape index (κ1) is 13.5. The second kappa shape index (κ2) is 6.93. The molecule has 0 saturated heterocycles. The van der Waals surface area contributed by atoms with Crippen molar-refractivity contribution in [3.05, 3.63) is 36.4 Å². The summed E-state index contributed by atoms with van der Waals surface area (Å²) in [5, 5.41) is 9.30. The molecule has 0 amide bonds. The van der Waals surface area contributed by atoms with Crippen LogP contribution in [0.1, 0.15) is 6.92 Å². The van der Waals surface area contributed by atoms with E-state index in [1.54, 1.807) is 14.0 Å². The molecule has 1 unspecified atom stereocenters. The summed E-state index contributed by atoms with van der Waals surface area (Å²) < 4.78 is 15.5. The van der Waals surface area contributed by atoms with Gasteiger partial charge in [-0.2, -0.15) is 0 Å². The largest absolute Gasteiger partial charge is 0.497 e. The predicted molar refractivity (Wildman–Crippen MR) is 65.3 cm³/mol. The van der Waals surface area contributed by atoms with Crippen LogP contribution >= 0.6 is 0 Å². The molecule has 0 aliphatic carbocycles. The van der Waals surface area contributed by atoms with Crippen LogP contribution in [-0.4, -0.2) is 31.7 Å². The number of hydrogen-bond donors (Lipinski definition) is 1. The van der Waals surface area contributed by atoms with Crippen molar-refractivity contribution in [2.75, 3.05) is 20.3 Å². The fraction of sp³-hybridized carbons (Fsp3) is 0.385. The molecule has 0 spiro atoms. The van der Waals surface area contributed by atoms with Gasteiger partial charge in [0.2, 0.25) is 0 Å².